The number of rotatable bonds is 2. The van der Waals surface area contributed by atoms with Gasteiger partial charge >= 0.3 is 0 Å². The largest absolute Gasteiger partial charge is 0.444 e. The minimum Gasteiger partial charge on any atom is -0.444 e. The number of hydrogen-bond donors (Lipinski definition) is 0. The highest BCUT2D eigenvalue weighted by molar-refractivity contribution is 9.10. The zero-order valence-electron chi connectivity index (χ0n) is 8.90. The van der Waals surface area contributed by atoms with Gasteiger partial charge in [-0.2, -0.15) is 0 Å². The summed E-state index contributed by atoms with van der Waals surface area (Å²) in [5, 5.41) is 0. The van der Waals surface area contributed by atoms with Crippen LogP contribution in [0.5, 0.6) is 0 Å². The number of nitrogens with zero attached hydrogens (tertiary/aromatic N) is 1. The van der Waals surface area contributed by atoms with Crippen LogP contribution in [0, 0.1) is 5.92 Å². The van der Waals surface area contributed by atoms with Crippen LogP contribution in [0.25, 0.3) is 0 Å². The van der Waals surface area contributed by atoms with E-state index in [9.17, 15) is 9.59 Å². The molecule has 0 aromatic carbocycles. The SMILES string of the molecule is CCC1CC(=O)N(C(=O)c2ccc(Br)o2)C1. The Kier molecular flexibility index (Phi) is 3.14. The van der Waals surface area contributed by atoms with Gasteiger partial charge in [0.05, 0.1) is 0 Å². The second-order valence-electron chi connectivity index (χ2n) is 3.89. The topological polar surface area (TPSA) is 50.5 Å². The van der Waals surface area contributed by atoms with Crippen molar-refractivity contribution in [3.05, 3.63) is 22.6 Å². The first-order valence-electron chi connectivity index (χ1n) is 5.22. The van der Waals surface area contributed by atoms with Crippen molar-refractivity contribution in [2.45, 2.75) is 19.8 Å². The van der Waals surface area contributed by atoms with Crippen LogP contribution in [-0.4, -0.2) is 23.3 Å². The van der Waals surface area contributed by atoms with Crippen LogP contribution in [0.2, 0.25) is 0 Å². The van der Waals surface area contributed by atoms with Crippen molar-refractivity contribution in [1.29, 1.82) is 0 Å². The summed E-state index contributed by atoms with van der Waals surface area (Å²) in [6.45, 7) is 2.53. The lowest BCUT2D eigenvalue weighted by Gasteiger charge is -2.12. The van der Waals surface area contributed by atoms with Crippen LogP contribution >= 0.6 is 15.9 Å². The highest BCUT2D eigenvalue weighted by atomic mass is 79.9. The third-order valence-electron chi connectivity index (χ3n) is 2.81. The molecule has 1 aliphatic heterocycles. The van der Waals surface area contributed by atoms with Crippen molar-refractivity contribution >= 4 is 27.7 Å². The second-order valence-corrected chi connectivity index (χ2v) is 4.67. The summed E-state index contributed by atoms with van der Waals surface area (Å²) in [7, 11) is 0. The zero-order valence-corrected chi connectivity index (χ0v) is 10.5. The molecule has 2 heterocycles. The molecule has 1 saturated heterocycles. The highest BCUT2D eigenvalue weighted by Crippen LogP contribution is 2.23. The monoisotopic (exact) mass is 285 g/mol. The summed E-state index contributed by atoms with van der Waals surface area (Å²) in [6, 6.07) is 3.21. The summed E-state index contributed by atoms with van der Waals surface area (Å²) in [5.41, 5.74) is 0. The normalized spacial score (nSPS) is 20.5. The van der Waals surface area contributed by atoms with Gasteiger partial charge in [0.1, 0.15) is 0 Å². The molecule has 4 nitrogen and oxygen atoms in total. The molecular formula is C11H12BrNO3. The van der Waals surface area contributed by atoms with Crippen molar-refractivity contribution in [3.63, 3.8) is 0 Å². The maximum Gasteiger partial charge on any atom is 0.296 e. The minimum absolute atomic E-state index is 0.107. The Morgan fingerprint density at radius 2 is 2.38 bits per heavy atom. The van der Waals surface area contributed by atoms with Gasteiger partial charge in [-0.1, -0.05) is 13.3 Å². The number of imide groups is 1. The zero-order chi connectivity index (χ0) is 11.7. The fraction of sp³-hybridized carbons (Fsp3) is 0.455. The van der Waals surface area contributed by atoms with Crippen molar-refractivity contribution in [2.75, 3.05) is 6.54 Å². The Morgan fingerprint density at radius 1 is 1.62 bits per heavy atom. The Hall–Kier alpha value is -1.10. The lowest BCUT2D eigenvalue weighted by Crippen LogP contribution is -2.32. The molecule has 1 aromatic heterocycles. The quantitative estimate of drug-likeness (QED) is 0.785. The van der Waals surface area contributed by atoms with Crippen LogP contribution in [-0.2, 0) is 4.79 Å². The predicted octanol–water partition coefficient (Wildman–Crippen LogP) is 2.44. The van der Waals surface area contributed by atoms with Crippen molar-refractivity contribution < 1.29 is 14.0 Å². The number of hydrogen-bond acceptors (Lipinski definition) is 3. The van der Waals surface area contributed by atoms with Gasteiger partial charge in [0.15, 0.2) is 10.4 Å². The number of halogens is 1. The minimum atomic E-state index is -0.341. The van der Waals surface area contributed by atoms with E-state index in [0.29, 0.717) is 17.6 Å². The number of furan rings is 1. The van der Waals surface area contributed by atoms with E-state index in [4.69, 9.17) is 4.42 Å². The van der Waals surface area contributed by atoms with E-state index in [1.54, 1.807) is 12.1 Å². The van der Waals surface area contributed by atoms with Gasteiger partial charge in [-0.05, 0) is 34.0 Å². The molecule has 16 heavy (non-hydrogen) atoms. The first-order valence-corrected chi connectivity index (χ1v) is 6.01. The number of carbonyl (C=O) groups excluding carboxylic acids is 2. The summed E-state index contributed by atoms with van der Waals surface area (Å²) in [6.07, 6.45) is 1.38. The van der Waals surface area contributed by atoms with E-state index in [-0.39, 0.29) is 23.5 Å². The van der Waals surface area contributed by atoms with E-state index in [1.807, 2.05) is 6.92 Å². The maximum atomic E-state index is 11.9. The molecule has 1 aliphatic rings. The van der Waals surface area contributed by atoms with Gasteiger partial charge in [0.2, 0.25) is 5.91 Å². The van der Waals surface area contributed by atoms with Crippen molar-refractivity contribution in [2.24, 2.45) is 5.92 Å². The fourth-order valence-electron chi connectivity index (χ4n) is 1.81. The summed E-state index contributed by atoms with van der Waals surface area (Å²) in [5.74, 6) is 0.0443. The second kappa shape index (κ2) is 4.41. The molecule has 86 valence electrons. The molecule has 1 unspecified atom stereocenters. The Balaban J connectivity index is 2.14. The lowest BCUT2D eigenvalue weighted by atomic mass is 10.1. The predicted molar refractivity (Wildman–Crippen MR) is 60.8 cm³/mol. The van der Waals surface area contributed by atoms with E-state index in [2.05, 4.69) is 15.9 Å². The summed E-state index contributed by atoms with van der Waals surface area (Å²) < 4.78 is 5.64. The molecule has 2 amide bonds. The van der Waals surface area contributed by atoms with Gasteiger partial charge in [0.25, 0.3) is 5.91 Å². The maximum absolute atomic E-state index is 11.9. The Morgan fingerprint density at radius 3 is 2.88 bits per heavy atom. The molecule has 0 N–H and O–H groups in total. The molecule has 0 saturated carbocycles. The van der Waals surface area contributed by atoms with Crippen LogP contribution in [0.3, 0.4) is 0 Å². The van der Waals surface area contributed by atoms with E-state index >= 15 is 0 Å². The van der Waals surface area contributed by atoms with E-state index in [0.717, 1.165) is 6.42 Å². The Labute approximate surface area is 102 Å². The molecule has 0 spiro atoms. The first-order chi connectivity index (χ1) is 7.61. The lowest BCUT2D eigenvalue weighted by molar-refractivity contribution is -0.125. The summed E-state index contributed by atoms with van der Waals surface area (Å²) >= 11 is 3.13. The molecule has 1 aromatic rings. The Bertz CT molecular complexity index is 427. The van der Waals surface area contributed by atoms with Crippen LogP contribution in [0.1, 0.15) is 30.3 Å². The van der Waals surface area contributed by atoms with Crippen molar-refractivity contribution in [1.82, 2.24) is 4.90 Å². The number of likely N-dealkylation sites (tertiary alicyclic amines) is 1. The molecule has 5 heteroatoms. The van der Waals surface area contributed by atoms with Gasteiger partial charge in [-0.3, -0.25) is 14.5 Å². The average Bonchev–Trinajstić information content (AvgIpc) is 2.83. The van der Waals surface area contributed by atoms with Crippen LogP contribution < -0.4 is 0 Å². The molecule has 1 atom stereocenters. The van der Waals surface area contributed by atoms with Crippen LogP contribution in [0.15, 0.2) is 21.2 Å². The average molecular weight is 286 g/mol. The molecule has 0 aliphatic carbocycles. The van der Waals surface area contributed by atoms with Gasteiger partial charge in [-0.15, -0.1) is 0 Å². The van der Waals surface area contributed by atoms with Gasteiger partial charge in [-0.25, -0.2) is 0 Å². The van der Waals surface area contributed by atoms with Gasteiger partial charge in [0, 0.05) is 13.0 Å². The molecule has 0 radical (unpaired) electrons. The smallest absolute Gasteiger partial charge is 0.296 e. The molecule has 1 fully saturated rings. The van der Waals surface area contributed by atoms with Crippen molar-refractivity contribution in [3.8, 4) is 0 Å². The standard InChI is InChI=1S/C11H12BrNO3/c1-2-7-5-10(14)13(6-7)11(15)8-3-4-9(12)16-8/h3-4,7H,2,5-6H2,1H3. The van der Waals surface area contributed by atoms with E-state index in [1.165, 1.54) is 4.90 Å². The third kappa shape index (κ3) is 2.04. The van der Waals surface area contributed by atoms with Crippen LogP contribution in [0.4, 0.5) is 0 Å². The first kappa shape index (κ1) is 11.4. The number of carbonyl (C=O) groups is 2. The van der Waals surface area contributed by atoms with E-state index < -0.39 is 0 Å². The highest BCUT2D eigenvalue weighted by Gasteiger charge is 2.34. The molecular weight excluding hydrogens is 274 g/mol. The van der Waals surface area contributed by atoms with Gasteiger partial charge < -0.3 is 4.42 Å². The summed E-state index contributed by atoms with van der Waals surface area (Å²) in [4.78, 5) is 24.8. The molecule has 2 rings (SSSR count). The number of amides is 2. The molecule has 0 bridgehead atoms. The third-order valence-corrected chi connectivity index (χ3v) is 3.24. The fourth-order valence-corrected chi connectivity index (χ4v) is 2.12.